The number of benzene rings is 2. The van der Waals surface area contributed by atoms with E-state index in [1.54, 1.807) is 0 Å². The Balaban J connectivity index is 0.000000378. The van der Waals surface area contributed by atoms with E-state index >= 15 is 0 Å². The largest absolute Gasteiger partial charge is 0.165 e. The molecule has 0 spiro atoms. The van der Waals surface area contributed by atoms with Crippen molar-refractivity contribution in [2.75, 3.05) is 0 Å². The third kappa shape index (κ3) is 8.35. The standard InChI is InChI=1S/2C10H9.C2H6Si.2ClH.Hf/c2*1-8-6-9-4-2-3-5-10(9)7-8;1-3-2;;;/h2*2-7H,1H3;1-2H3;2*1H;/q2*-1;;;;+2. The topological polar surface area (TPSA) is 0 Å². The summed E-state index contributed by atoms with van der Waals surface area (Å²) in [5.74, 6) is 0. The smallest absolute Gasteiger partial charge is 0.0579 e. The molecule has 0 unspecified atom stereocenters. The van der Waals surface area contributed by atoms with E-state index in [9.17, 15) is 0 Å². The number of hydrogen-bond donors (Lipinski definition) is 0. The van der Waals surface area contributed by atoms with Gasteiger partial charge in [0.2, 0.25) is 0 Å². The quantitative estimate of drug-likeness (QED) is 0.154. The van der Waals surface area contributed by atoms with Gasteiger partial charge in [-0.3, -0.25) is 0 Å². The maximum atomic E-state index is 2.33. The fraction of sp³-hybridized carbons (Fsp3) is 0.182. The van der Waals surface area contributed by atoms with Crippen molar-refractivity contribution in [3.05, 3.63) is 83.9 Å². The van der Waals surface area contributed by atoms with Crippen molar-refractivity contribution >= 4 is 51.9 Å². The van der Waals surface area contributed by atoms with Gasteiger partial charge in [0.1, 0.15) is 0 Å². The van der Waals surface area contributed by atoms with E-state index in [0.717, 1.165) is 0 Å². The minimum absolute atomic E-state index is 0. The van der Waals surface area contributed by atoms with Crippen LogP contribution in [-0.2, 0) is 23.0 Å². The molecule has 26 heavy (non-hydrogen) atoms. The number of fused-ring (bicyclic) bond motifs is 2. The Labute approximate surface area is 184 Å². The molecule has 0 heterocycles. The van der Waals surface area contributed by atoms with Crippen molar-refractivity contribution in [2.24, 2.45) is 0 Å². The van der Waals surface area contributed by atoms with Crippen LogP contribution in [0.1, 0.15) is 11.1 Å². The van der Waals surface area contributed by atoms with Gasteiger partial charge in [-0.25, -0.2) is 0 Å². The van der Waals surface area contributed by atoms with Crippen LogP contribution in [0.15, 0.2) is 72.8 Å². The number of hydrogen-bond acceptors (Lipinski definition) is 0. The van der Waals surface area contributed by atoms with Crippen LogP contribution in [0.2, 0.25) is 13.1 Å². The zero-order chi connectivity index (χ0) is 17.5. The molecule has 0 nitrogen and oxygen atoms in total. The maximum absolute atomic E-state index is 2.33. The van der Waals surface area contributed by atoms with E-state index < -0.39 is 0 Å². The molecule has 0 saturated heterocycles. The third-order valence-corrected chi connectivity index (χ3v) is 3.52. The molecule has 4 aromatic carbocycles. The van der Waals surface area contributed by atoms with Gasteiger partial charge in [0.15, 0.2) is 0 Å². The second kappa shape index (κ2) is 12.7. The molecule has 136 valence electrons. The van der Waals surface area contributed by atoms with Gasteiger partial charge in [0.25, 0.3) is 0 Å². The molecule has 4 rings (SSSR count). The van der Waals surface area contributed by atoms with Gasteiger partial charge < -0.3 is 0 Å². The predicted octanol–water partition coefficient (Wildman–Crippen LogP) is 7.36. The Kier molecular flexibility index (Phi) is 12.3. The molecule has 4 heteroatoms. The Morgan fingerprint density at radius 2 is 1.00 bits per heavy atom. The minimum atomic E-state index is 0. The second-order valence-electron chi connectivity index (χ2n) is 6.32. The predicted molar refractivity (Wildman–Crippen MR) is 121 cm³/mol. The van der Waals surface area contributed by atoms with E-state index in [0.29, 0.717) is 0 Å². The summed E-state index contributed by atoms with van der Waals surface area (Å²) >= 11 is 1.45. The van der Waals surface area contributed by atoms with Gasteiger partial charge in [0.05, 0.1) is 0 Å². The van der Waals surface area contributed by atoms with Crippen LogP contribution in [0.25, 0.3) is 21.5 Å². The molecule has 0 aliphatic rings. The molecule has 0 atom stereocenters. The Hall–Kier alpha value is -0.673. The van der Waals surface area contributed by atoms with Crippen molar-refractivity contribution in [3.8, 4) is 0 Å². The number of halogens is 2. The van der Waals surface area contributed by atoms with E-state index in [-0.39, 0.29) is 30.3 Å². The van der Waals surface area contributed by atoms with Crippen LogP contribution in [0, 0.1) is 13.8 Å². The molecular weight excluding hydrogens is 542 g/mol. The third-order valence-electron chi connectivity index (χ3n) is 3.52. The second-order valence-corrected chi connectivity index (χ2v) is 19.1. The van der Waals surface area contributed by atoms with Gasteiger partial charge in [-0.2, -0.15) is 12.1 Å². The molecule has 0 saturated carbocycles. The van der Waals surface area contributed by atoms with Gasteiger partial charge in [0, 0.05) is 0 Å². The summed E-state index contributed by atoms with van der Waals surface area (Å²) in [5.41, 5.74) is 2.96. The van der Waals surface area contributed by atoms with E-state index in [2.05, 4.69) is 99.7 Å². The molecule has 0 amide bonds. The monoisotopic (exact) mass is 568 g/mol. The van der Waals surface area contributed by atoms with E-state index in [1.807, 2.05) is 0 Å². The van der Waals surface area contributed by atoms with Crippen LogP contribution in [-0.4, -0.2) is 5.49 Å². The van der Waals surface area contributed by atoms with Crippen LogP contribution in [0.3, 0.4) is 0 Å². The number of aryl methyl sites for hydroxylation is 2. The fourth-order valence-corrected chi connectivity index (χ4v) is 2.61. The number of rotatable bonds is 0. The fourth-order valence-electron chi connectivity index (χ4n) is 2.61. The summed E-state index contributed by atoms with van der Waals surface area (Å²) in [4.78, 5) is 0. The SMILES string of the molecule is C[Si](C)=[Hf+2].Cc1cc2ccccc2[cH-]1.Cc1cc2ccccc2[cH-]1.Cl.Cl. The van der Waals surface area contributed by atoms with Gasteiger partial charge >= 0.3 is 41.6 Å². The first kappa shape index (κ1) is 25.3. The molecule has 0 aliphatic carbocycles. The Morgan fingerprint density at radius 3 is 1.31 bits per heavy atom. The van der Waals surface area contributed by atoms with E-state index in [1.165, 1.54) is 55.7 Å². The van der Waals surface area contributed by atoms with Gasteiger partial charge in [-0.1, -0.05) is 26.0 Å². The first-order valence-electron chi connectivity index (χ1n) is 8.21. The maximum Gasteiger partial charge on any atom is -0.0579 e. The first-order valence-corrected chi connectivity index (χ1v) is 16.1. The molecule has 0 bridgehead atoms. The van der Waals surface area contributed by atoms with Gasteiger partial charge in [-0.15, -0.1) is 106 Å². The Morgan fingerprint density at radius 1 is 0.692 bits per heavy atom. The van der Waals surface area contributed by atoms with E-state index in [4.69, 9.17) is 0 Å². The van der Waals surface area contributed by atoms with Crippen molar-refractivity contribution in [1.82, 2.24) is 0 Å². The molecular formula is C22H26Cl2HfSi. The molecule has 0 fully saturated rings. The average Bonchev–Trinajstić information content (AvgIpc) is 3.07. The Bertz CT molecular complexity index is 795. The van der Waals surface area contributed by atoms with Crippen molar-refractivity contribution < 1.29 is 23.0 Å². The summed E-state index contributed by atoms with van der Waals surface area (Å²) in [7, 11) is 0. The van der Waals surface area contributed by atoms with Crippen LogP contribution >= 0.6 is 24.8 Å². The van der Waals surface area contributed by atoms with Crippen molar-refractivity contribution in [1.29, 1.82) is 0 Å². The normalized spacial score (nSPS) is 9.15. The van der Waals surface area contributed by atoms with Gasteiger partial charge in [-0.05, 0) is 0 Å². The minimum Gasteiger partial charge on any atom is -0.165 e. The summed E-state index contributed by atoms with van der Waals surface area (Å²) in [6.45, 7) is 8.91. The van der Waals surface area contributed by atoms with Crippen LogP contribution in [0.5, 0.6) is 0 Å². The molecule has 0 N–H and O–H groups in total. The molecule has 0 aliphatic heterocycles. The molecule has 4 aromatic rings. The summed E-state index contributed by atoms with van der Waals surface area (Å²) in [5, 5.41) is 5.39. The van der Waals surface area contributed by atoms with Crippen molar-refractivity contribution in [3.63, 3.8) is 0 Å². The average molecular weight is 568 g/mol. The van der Waals surface area contributed by atoms with Crippen LogP contribution in [0.4, 0.5) is 0 Å². The summed E-state index contributed by atoms with van der Waals surface area (Å²) < 4.78 is 0. The molecule has 0 aromatic heterocycles. The zero-order valence-corrected chi connectivity index (χ0v) is 22.0. The zero-order valence-electron chi connectivity index (χ0n) is 15.7. The van der Waals surface area contributed by atoms with Crippen molar-refractivity contribution in [2.45, 2.75) is 26.9 Å². The molecule has 0 radical (unpaired) electrons. The van der Waals surface area contributed by atoms with Crippen LogP contribution < -0.4 is 0 Å². The summed E-state index contributed by atoms with van der Waals surface area (Å²) in [6, 6.07) is 25.7. The summed E-state index contributed by atoms with van der Waals surface area (Å²) in [6.07, 6.45) is 0. The first-order chi connectivity index (χ1) is 11.5.